The summed E-state index contributed by atoms with van der Waals surface area (Å²) in [5.74, 6) is 0.226. The highest BCUT2D eigenvalue weighted by Crippen LogP contribution is 2.27. The molecule has 2 aromatic carbocycles. The molecule has 5 heteroatoms. The van der Waals surface area contributed by atoms with Crippen molar-refractivity contribution in [3.05, 3.63) is 70.4 Å². The summed E-state index contributed by atoms with van der Waals surface area (Å²) in [5, 5.41) is 0.509. The SMILES string of the molecule is COc1ccc(Cl)cc1C1=N/C(=C/c2ccccc2)C(=O)O1. The number of hydrogen-bond acceptors (Lipinski definition) is 4. The van der Waals surface area contributed by atoms with Gasteiger partial charge in [0.2, 0.25) is 5.90 Å². The van der Waals surface area contributed by atoms with Crippen molar-refractivity contribution in [3.63, 3.8) is 0 Å². The first kappa shape index (κ1) is 14.4. The summed E-state index contributed by atoms with van der Waals surface area (Å²) >= 11 is 5.99. The number of nitrogens with zero attached hydrogens (tertiary/aromatic N) is 1. The highest BCUT2D eigenvalue weighted by Gasteiger charge is 2.26. The lowest BCUT2D eigenvalue weighted by Crippen LogP contribution is -2.07. The van der Waals surface area contributed by atoms with Gasteiger partial charge in [0.05, 0.1) is 12.7 Å². The van der Waals surface area contributed by atoms with E-state index < -0.39 is 5.97 Å². The Balaban J connectivity index is 2.00. The van der Waals surface area contributed by atoms with Crippen LogP contribution in [0.2, 0.25) is 5.02 Å². The number of halogens is 1. The molecule has 0 bridgehead atoms. The van der Waals surface area contributed by atoms with Crippen LogP contribution in [-0.2, 0) is 9.53 Å². The van der Waals surface area contributed by atoms with E-state index in [-0.39, 0.29) is 11.6 Å². The van der Waals surface area contributed by atoms with Gasteiger partial charge in [-0.3, -0.25) is 0 Å². The molecule has 0 aromatic heterocycles. The molecule has 0 saturated heterocycles. The predicted molar refractivity (Wildman–Crippen MR) is 85.1 cm³/mol. The van der Waals surface area contributed by atoms with E-state index in [0.29, 0.717) is 16.3 Å². The number of methoxy groups -OCH3 is 1. The smallest absolute Gasteiger partial charge is 0.363 e. The van der Waals surface area contributed by atoms with Crippen molar-refractivity contribution in [3.8, 4) is 5.75 Å². The van der Waals surface area contributed by atoms with Crippen molar-refractivity contribution in [1.82, 2.24) is 0 Å². The van der Waals surface area contributed by atoms with Crippen LogP contribution in [0, 0.1) is 0 Å². The molecule has 110 valence electrons. The number of esters is 1. The maximum atomic E-state index is 12.0. The molecule has 0 saturated carbocycles. The summed E-state index contributed by atoms with van der Waals surface area (Å²) in [5.41, 5.74) is 1.65. The van der Waals surface area contributed by atoms with Crippen LogP contribution in [0.15, 0.2) is 59.2 Å². The Labute approximate surface area is 132 Å². The molecule has 0 atom stereocenters. The molecule has 0 amide bonds. The van der Waals surface area contributed by atoms with E-state index in [1.807, 2.05) is 30.3 Å². The van der Waals surface area contributed by atoms with Crippen LogP contribution < -0.4 is 4.74 Å². The van der Waals surface area contributed by atoms with Crippen molar-refractivity contribution < 1.29 is 14.3 Å². The highest BCUT2D eigenvalue weighted by molar-refractivity contribution is 6.31. The van der Waals surface area contributed by atoms with E-state index in [4.69, 9.17) is 21.1 Å². The molecule has 4 nitrogen and oxygen atoms in total. The molecule has 2 aromatic rings. The molecule has 1 heterocycles. The fraction of sp³-hybridized carbons (Fsp3) is 0.0588. The summed E-state index contributed by atoms with van der Waals surface area (Å²) < 4.78 is 10.5. The van der Waals surface area contributed by atoms with Crippen LogP contribution in [0.25, 0.3) is 6.08 Å². The van der Waals surface area contributed by atoms with Crippen LogP contribution in [0.5, 0.6) is 5.75 Å². The summed E-state index contributed by atoms with van der Waals surface area (Å²) in [6.45, 7) is 0. The maximum absolute atomic E-state index is 12.0. The molecular weight excluding hydrogens is 302 g/mol. The summed E-state index contributed by atoms with van der Waals surface area (Å²) in [6, 6.07) is 14.5. The molecule has 0 spiro atoms. The van der Waals surface area contributed by atoms with E-state index in [1.54, 1.807) is 24.3 Å². The normalized spacial score (nSPS) is 15.6. The first-order valence-corrected chi connectivity index (χ1v) is 6.96. The standard InChI is InChI=1S/C17H12ClNO3/c1-21-15-8-7-12(18)10-13(15)16-19-14(17(20)22-16)9-11-5-3-2-4-6-11/h2-10H,1H3/b14-9+. The highest BCUT2D eigenvalue weighted by atomic mass is 35.5. The number of carbonyl (C=O) groups is 1. The zero-order valence-corrected chi connectivity index (χ0v) is 12.5. The molecule has 0 N–H and O–H groups in total. The van der Waals surface area contributed by atoms with Crippen LogP contribution >= 0.6 is 11.6 Å². The van der Waals surface area contributed by atoms with Crippen molar-refractivity contribution in [2.45, 2.75) is 0 Å². The first-order valence-electron chi connectivity index (χ1n) is 6.59. The van der Waals surface area contributed by atoms with Gasteiger partial charge in [-0.05, 0) is 29.8 Å². The second kappa shape index (κ2) is 6.03. The summed E-state index contributed by atoms with van der Waals surface area (Å²) in [7, 11) is 1.53. The molecule has 0 unspecified atom stereocenters. The molecule has 22 heavy (non-hydrogen) atoms. The number of carbonyl (C=O) groups excluding carboxylic acids is 1. The Morgan fingerprint density at radius 2 is 1.95 bits per heavy atom. The van der Waals surface area contributed by atoms with Gasteiger partial charge in [0.1, 0.15) is 5.75 Å². The van der Waals surface area contributed by atoms with Gasteiger partial charge in [-0.15, -0.1) is 0 Å². The number of aliphatic imine (C=N–C) groups is 1. The Morgan fingerprint density at radius 3 is 2.68 bits per heavy atom. The Kier molecular flexibility index (Phi) is 3.94. The number of rotatable bonds is 3. The largest absolute Gasteiger partial charge is 0.496 e. The van der Waals surface area contributed by atoms with Crippen molar-refractivity contribution >= 4 is 29.5 Å². The third-order valence-corrected chi connectivity index (χ3v) is 3.35. The third kappa shape index (κ3) is 2.87. The van der Waals surface area contributed by atoms with Gasteiger partial charge in [0.15, 0.2) is 5.70 Å². The van der Waals surface area contributed by atoms with E-state index in [9.17, 15) is 4.79 Å². The lowest BCUT2D eigenvalue weighted by atomic mass is 10.2. The second-order valence-corrected chi connectivity index (χ2v) is 5.03. The lowest BCUT2D eigenvalue weighted by molar-refractivity contribution is -0.129. The second-order valence-electron chi connectivity index (χ2n) is 4.59. The van der Waals surface area contributed by atoms with Crippen LogP contribution in [0.4, 0.5) is 0 Å². The first-order chi connectivity index (χ1) is 10.7. The summed E-state index contributed by atoms with van der Waals surface area (Å²) in [4.78, 5) is 16.2. The Bertz CT molecular complexity index is 782. The molecule has 0 aliphatic carbocycles. The zero-order valence-electron chi connectivity index (χ0n) is 11.7. The third-order valence-electron chi connectivity index (χ3n) is 3.12. The topological polar surface area (TPSA) is 47.9 Å². The van der Waals surface area contributed by atoms with Gasteiger partial charge >= 0.3 is 5.97 Å². The van der Waals surface area contributed by atoms with Crippen LogP contribution in [0.1, 0.15) is 11.1 Å². The van der Waals surface area contributed by atoms with Crippen molar-refractivity contribution in [2.75, 3.05) is 7.11 Å². The Hall–Kier alpha value is -2.59. The Morgan fingerprint density at radius 1 is 1.18 bits per heavy atom. The number of benzene rings is 2. The number of cyclic esters (lactones) is 1. The molecule has 0 fully saturated rings. The fourth-order valence-electron chi connectivity index (χ4n) is 2.08. The van der Waals surface area contributed by atoms with Gasteiger partial charge in [0.25, 0.3) is 0 Å². The average Bonchev–Trinajstić information content (AvgIpc) is 2.89. The quantitative estimate of drug-likeness (QED) is 0.641. The van der Waals surface area contributed by atoms with E-state index in [1.165, 1.54) is 7.11 Å². The predicted octanol–water partition coefficient (Wildman–Crippen LogP) is 3.69. The lowest BCUT2D eigenvalue weighted by Gasteiger charge is -2.07. The van der Waals surface area contributed by atoms with E-state index in [2.05, 4.69) is 4.99 Å². The fourth-order valence-corrected chi connectivity index (χ4v) is 2.25. The van der Waals surface area contributed by atoms with Crippen molar-refractivity contribution in [1.29, 1.82) is 0 Å². The number of hydrogen-bond donors (Lipinski definition) is 0. The molecule has 0 radical (unpaired) electrons. The van der Waals surface area contributed by atoms with Gasteiger partial charge in [0, 0.05) is 5.02 Å². The molecule has 3 rings (SSSR count). The van der Waals surface area contributed by atoms with Crippen molar-refractivity contribution in [2.24, 2.45) is 4.99 Å². The molecule has 1 aliphatic rings. The minimum Gasteiger partial charge on any atom is -0.496 e. The summed E-state index contributed by atoms with van der Waals surface area (Å²) in [6.07, 6.45) is 1.67. The minimum absolute atomic E-state index is 0.187. The number of ether oxygens (including phenoxy) is 2. The minimum atomic E-state index is -0.499. The molecule has 1 aliphatic heterocycles. The van der Waals surface area contributed by atoms with E-state index in [0.717, 1.165) is 5.56 Å². The zero-order chi connectivity index (χ0) is 15.5. The van der Waals surface area contributed by atoms with Gasteiger partial charge in [-0.25, -0.2) is 9.79 Å². The molecular formula is C17H12ClNO3. The van der Waals surface area contributed by atoms with Gasteiger partial charge in [-0.2, -0.15) is 0 Å². The van der Waals surface area contributed by atoms with Gasteiger partial charge in [-0.1, -0.05) is 41.9 Å². The van der Waals surface area contributed by atoms with Crippen LogP contribution in [-0.4, -0.2) is 19.0 Å². The average molecular weight is 314 g/mol. The van der Waals surface area contributed by atoms with Crippen LogP contribution in [0.3, 0.4) is 0 Å². The van der Waals surface area contributed by atoms with Gasteiger partial charge < -0.3 is 9.47 Å². The van der Waals surface area contributed by atoms with E-state index >= 15 is 0 Å². The maximum Gasteiger partial charge on any atom is 0.363 e. The monoisotopic (exact) mass is 313 g/mol.